The molecule has 0 spiro atoms. The van der Waals surface area contributed by atoms with E-state index in [0.29, 0.717) is 34.1 Å². The van der Waals surface area contributed by atoms with Crippen LogP contribution in [0.4, 0.5) is 0 Å². The van der Waals surface area contributed by atoms with Crippen LogP contribution >= 0.6 is 0 Å². The Balaban J connectivity index is 1.85. The molecule has 166 valence electrons. The number of benzene rings is 3. The molecule has 32 heavy (non-hydrogen) atoms. The normalized spacial score (nSPS) is 11.7. The number of carboxylic acids is 1. The van der Waals surface area contributed by atoms with Crippen LogP contribution in [-0.2, 0) is 14.6 Å². The summed E-state index contributed by atoms with van der Waals surface area (Å²) in [4.78, 5) is 12.1. The molecule has 1 N–H and O–H groups in total. The van der Waals surface area contributed by atoms with E-state index in [0.717, 1.165) is 6.26 Å². The molecule has 3 aromatic rings. The number of ether oxygens (including phenoxy) is 3. The molecule has 0 atom stereocenters. The van der Waals surface area contributed by atoms with Crippen LogP contribution in [0.2, 0.25) is 0 Å². The highest BCUT2D eigenvalue weighted by atomic mass is 32.2. The van der Waals surface area contributed by atoms with Gasteiger partial charge in [-0.25, -0.2) is 13.2 Å². The van der Waals surface area contributed by atoms with Gasteiger partial charge in [0.15, 0.2) is 9.84 Å². The van der Waals surface area contributed by atoms with Gasteiger partial charge in [-0.2, -0.15) is 0 Å². The maximum absolute atomic E-state index is 11.9. The van der Waals surface area contributed by atoms with Crippen LogP contribution in [0.15, 0.2) is 71.6 Å². The fourth-order valence-electron chi connectivity index (χ4n) is 2.94. The molecule has 0 saturated carbocycles. The summed E-state index contributed by atoms with van der Waals surface area (Å²) in [6.07, 6.45) is 2.67. The molecule has 3 aromatic carbocycles. The molecule has 0 radical (unpaired) electrons. The molecule has 0 aromatic heterocycles. The number of hydrogen-bond donors (Lipinski definition) is 1. The van der Waals surface area contributed by atoms with E-state index in [2.05, 4.69) is 0 Å². The molecule has 3 rings (SSSR count). The highest BCUT2D eigenvalue weighted by molar-refractivity contribution is 7.90. The number of aliphatic carboxylic acids is 1. The van der Waals surface area contributed by atoms with Crippen molar-refractivity contribution in [2.75, 3.05) is 20.5 Å². The molecule has 0 aliphatic heterocycles. The first-order valence-electron chi connectivity index (χ1n) is 9.46. The summed E-state index contributed by atoms with van der Waals surface area (Å²) in [7, 11) is -0.240. The third-order valence-electron chi connectivity index (χ3n) is 4.57. The molecule has 0 aliphatic carbocycles. The van der Waals surface area contributed by atoms with E-state index in [1.165, 1.54) is 32.4 Å². The maximum atomic E-state index is 11.9. The lowest BCUT2D eigenvalue weighted by Crippen LogP contribution is -2.00. The van der Waals surface area contributed by atoms with Gasteiger partial charge in [-0.3, -0.25) is 0 Å². The Morgan fingerprint density at radius 3 is 1.75 bits per heavy atom. The van der Waals surface area contributed by atoms with Gasteiger partial charge in [0, 0.05) is 12.3 Å². The first kappa shape index (κ1) is 22.9. The van der Waals surface area contributed by atoms with Crippen LogP contribution in [-0.4, -0.2) is 40.0 Å². The summed E-state index contributed by atoms with van der Waals surface area (Å²) in [5.41, 5.74) is 1.19. The van der Waals surface area contributed by atoms with Gasteiger partial charge in [-0.1, -0.05) is 12.1 Å². The zero-order chi connectivity index (χ0) is 23.3. The fourth-order valence-corrected chi connectivity index (χ4v) is 3.57. The van der Waals surface area contributed by atoms with Gasteiger partial charge in [0.2, 0.25) is 0 Å². The van der Waals surface area contributed by atoms with Crippen molar-refractivity contribution in [2.45, 2.75) is 4.90 Å². The van der Waals surface area contributed by atoms with E-state index in [1.807, 2.05) is 0 Å². The smallest absolute Gasteiger partial charge is 0.336 e. The van der Waals surface area contributed by atoms with Crippen molar-refractivity contribution in [3.8, 4) is 23.0 Å². The first-order valence-corrected chi connectivity index (χ1v) is 11.3. The highest BCUT2D eigenvalue weighted by Gasteiger charge is 2.12. The van der Waals surface area contributed by atoms with Gasteiger partial charge in [0.05, 0.1) is 24.7 Å². The molecule has 7 nitrogen and oxygen atoms in total. The number of rotatable bonds is 8. The summed E-state index contributed by atoms with van der Waals surface area (Å²) >= 11 is 0. The molecule has 0 aliphatic rings. The third kappa shape index (κ3) is 5.67. The van der Waals surface area contributed by atoms with E-state index in [4.69, 9.17) is 14.2 Å². The Kier molecular flexibility index (Phi) is 6.85. The number of hydrogen-bond acceptors (Lipinski definition) is 6. The van der Waals surface area contributed by atoms with Gasteiger partial charge in [0.1, 0.15) is 23.0 Å². The molecular formula is C24H22O7S. The topological polar surface area (TPSA) is 99.1 Å². The lowest BCUT2D eigenvalue weighted by molar-refractivity contribution is -0.130. The summed E-state index contributed by atoms with van der Waals surface area (Å²) < 4.78 is 39.3. The third-order valence-corrected chi connectivity index (χ3v) is 5.70. The lowest BCUT2D eigenvalue weighted by atomic mass is 10.0. The van der Waals surface area contributed by atoms with Crippen molar-refractivity contribution in [1.29, 1.82) is 0 Å². The summed E-state index contributed by atoms with van der Waals surface area (Å²) in [6.45, 7) is 0. The largest absolute Gasteiger partial charge is 0.497 e. The van der Waals surface area contributed by atoms with Gasteiger partial charge < -0.3 is 19.3 Å². The van der Waals surface area contributed by atoms with Crippen molar-refractivity contribution in [1.82, 2.24) is 0 Å². The Morgan fingerprint density at radius 1 is 0.812 bits per heavy atom. The van der Waals surface area contributed by atoms with Crippen LogP contribution in [0.3, 0.4) is 0 Å². The van der Waals surface area contributed by atoms with Crippen LogP contribution in [0.5, 0.6) is 23.0 Å². The van der Waals surface area contributed by atoms with E-state index in [9.17, 15) is 18.3 Å². The highest BCUT2D eigenvalue weighted by Crippen LogP contribution is 2.28. The number of sulfone groups is 1. The van der Waals surface area contributed by atoms with Crippen LogP contribution in [0.1, 0.15) is 11.1 Å². The SMILES string of the molecule is COc1cc(/C=C(/C(=O)O)c2ccc(Oc3ccc(S(C)(=O)=O)cc3)cc2)cc(OC)c1. The van der Waals surface area contributed by atoms with Crippen molar-refractivity contribution < 1.29 is 32.5 Å². The zero-order valence-corrected chi connectivity index (χ0v) is 18.5. The minimum atomic E-state index is -3.28. The molecule has 0 heterocycles. The van der Waals surface area contributed by atoms with E-state index < -0.39 is 15.8 Å². The quantitative estimate of drug-likeness (QED) is 0.394. The Bertz CT molecular complexity index is 1220. The second kappa shape index (κ2) is 9.57. The molecule has 0 saturated heterocycles. The van der Waals surface area contributed by atoms with Crippen LogP contribution in [0, 0.1) is 0 Å². The average molecular weight is 455 g/mol. The average Bonchev–Trinajstić information content (AvgIpc) is 2.77. The second-order valence-electron chi connectivity index (χ2n) is 6.88. The predicted octanol–water partition coefficient (Wildman–Crippen LogP) is 4.52. The molecule has 0 fully saturated rings. The second-order valence-corrected chi connectivity index (χ2v) is 8.89. The summed E-state index contributed by atoms with van der Waals surface area (Å²) in [5.74, 6) is 0.949. The van der Waals surface area contributed by atoms with Gasteiger partial charge in [0.25, 0.3) is 0 Å². The molecule has 8 heteroatoms. The zero-order valence-electron chi connectivity index (χ0n) is 17.7. The van der Waals surface area contributed by atoms with Gasteiger partial charge in [-0.05, 0) is 65.7 Å². The van der Waals surface area contributed by atoms with E-state index in [-0.39, 0.29) is 10.5 Å². The van der Waals surface area contributed by atoms with Crippen molar-refractivity contribution in [3.05, 3.63) is 77.9 Å². The van der Waals surface area contributed by atoms with Gasteiger partial charge in [-0.15, -0.1) is 0 Å². The molecule has 0 amide bonds. The maximum Gasteiger partial charge on any atom is 0.336 e. The summed E-state index contributed by atoms with van der Waals surface area (Å²) in [5, 5.41) is 9.73. The minimum absolute atomic E-state index is 0.0874. The van der Waals surface area contributed by atoms with Crippen molar-refractivity contribution in [2.24, 2.45) is 0 Å². The van der Waals surface area contributed by atoms with Crippen molar-refractivity contribution in [3.63, 3.8) is 0 Å². The van der Waals surface area contributed by atoms with E-state index in [1.54, 1.807) is 54.6 Å². The fraction of sp³-hybridized carbons (Fsp3) is 0.125. The van der Waals surface area contributed by atoms with E-state index >= 15 is 0 Å². The Hall–Kier alpha value is -3.78. The number of carbonyl (C=O) groups is 1. The monoisotopic (exact) mass is 454 g/mol. The molecule has 0 bridgehead atoms. The lowest BCUT2D eigenvalue weighted by Gasteiger charge is -2.09. The minimum Gasteiger partial charge on any atom is -0.497 e. The first-order chi connectivity index (χ1) is 15.2. The standard InChI is InChI=1S/C24H22O7S/c1-29-20-12-16(13-21(15-20)30-2)14-23(24(25)26)17-4-6-18(7-5-17)31-19-8-10-22(11-9-19)32(3,27)28/h4-15H,1-3H3,(H,25,26)/b23-14+. The Morgan fingerprint density at radius 2 is 1.31 bits per heavy atom. The predicted molar refractivity (Wildman–Crippen MR) is 121 cm³/mol. The van der Waals surface area contributed by atoms with Crippen LogP contribution in [0.25, 0.3) is 11.6 Å². The molecule has 0 unspecified atom stereocenters. The van der Waals surface area contributed by atoms with Crippen LogP contribution < -0.4 is 14.2 Å². The summed E-state index contributed by atoms with van der Waals surface area (Å²) in [6, 6.07) is 17.7. The Labute approximate surface area is 186 Å². The molecular weight excluding hydrogens is 432 g/mol. The number of carboxylic acid groups (broad SMARTS) is 1. The van der Waals surface area contributed by atoms with Gasteiger partial charge >= 0.3 is 5.97 Å². The van der Waals surface area contributed by atoms with Crippen molar-refractivity contribution >= 4 is 27.5 Å². The number of methoxy groups -OCH3 is 2.